The van der Waals surface area contributed by atoms with Crippen molar-refractivity contribution in [3.05, 3.63) is 57.7 Å². The molecule has 0 aliphatic rings. The quantitative estimate of drug-likeness (QED) is 0.727. The van der Waals surface area contributed by atoms with Gasteiger partial charge < -0.3 is 5.73 Å². The molecule has 2 N–H and O–H groups in total. The summed E-state index contributed by atoms with van der Waals surface area (Å²) in [4.78, 5) is 12.9. The van der Waals surface area contributed by atoms with E-state index in [1.165, 1.54) is 16.9 Å². The van der Waals surface area contributed by atoms with Crippen LogP contribution in [0.1, 0.15) is 5.56 Å². The van der Waals surface area contributed by atoms with Crippen molar-refractivity contribution in [1.29, 1.82) is 0 Å². The van der Waals surface area contributed by atoms with Gasteiger partial charge in [0.25, 0.3) is 5.56 Å². The summed E-state index contributed by atoms with van der Waals surface area (Å²) in [6, 6.07) is 11.2. The summed E-state index contributed by atoms with van der Waals surface area (Å²) in [5, 5.41) is 2.80. The smallest absolute Gasteiger partial charge is 0.256 e. The lowest BCUT2D eigenvalue weighted by molar-refractivity contribution is 1.05. The van der Waals surface area contributed by atoms with Crippen LogP contribution in [0.25, 0.3) is 15.9 Å². The van der Waals surface area contributed by atoms with E-state index in [4.69, 9.17) is 5.73 Å². The minimum Gasteiger partial charge on any atom is -0.398 e. The lowest BCUT2D eigenvalue weighted by Gasteiger charge is -2.07. The first kappa shape index (κ1) is 11.0. The Labute approximate surface area is 108 Å². The Bertz CT molecular complexity index is 769. The van der Waals surface area contributed by atoms with E-state index in [1.807, 2.05) is 36.6 Å². The number of hydrogen-bond acceptors (Lipinski definition) is 3. The van der Waals surface area contributed by atoms with E-state index in [1.54, 1.807) is 16.7 Å². The third-order valence-corrected chi connectivity index (χ3v) is 3.94. The fraction of sp³-hybridized carbons (Fsp3) is 0.0714. The number of thiophene rings is 1. The van der Waals surface area contributed by atoms with Gasteiger partial charge in [0.15, 0.2) is 0 Å². The zero-order valence-electron chi connectivity index (χ0n) is 9.88. The Kier molecular flexibility index (Phi) is 2.45. The molecule has 2 heterocycles. The first-order valence-corrected chi connectivity index (χ1v) is 6.50. The second-order valence-electron chi connectivity index (χ2n) is 4.25. The SMILES string of the molecule is Cc1ccc(-n2c(=O)ccc3c(N)csc32)cc1. The third kappa shape index (κ3) is 1.62. The van der Waals surface area contributed by atoms with Crippen molar-refractivity contribution in [1.82, 2.24) is 4.57 Å². The molecule has 0 saturated carbocycles. The molecule has 3 nitrogen and oxygen atoms in total. The van der Waals surface area contributed by atoms with Crippen LogP contribution in [0.2, 0.25) is 0 Å². The van der Waals surface area contributed by atoms with Crippen molar-refractivity contribution in [3.63, 3.8) is 0 Å². The second-order valence-corrected chi connectivity index (χ2v) is 5.11. The molecule has 0 aliphatic carbocycles. The van der Waals surface area contributed by atoms with Crippen molar-refractivity contribution in [2.45, 2.75) is 6.92 Å². The van der Waals surface area contributed by atoms with Gasteiger partial charge >= 0.3 is 0 Å². The zero-order chi connectivity index (χ0) is 12.7. The van der Waals surface area contributed by atoms with E-state index in [9.17, 15) is 4.79 Å². The molecule has 0 bridgehead atoms. The standard InChI is InChI=1S/C14H12N2OS/c1-9-2-4-10(5-3-9)16-13(17)7-6-11-12(15)8-18-14(11)16/h2-8H,15H2,1H3. The van der Waals surface area contributed by atoms with E-state index in [0.717, 1.165) is 21.6 Å². The van der Waals surface area contributed by atoms with Crippen molar-refractivity contribution >= 4 is 27.2 Å². The zero-order valence-corrected chi connectivity index (χ0v) is 10.7. The number of fused-ring (bicyclic) bond motifs is 1. The Hall–Kier alpha value is -2.07. The highest BCUT2D eigenvalue weighted by atomic mass is 32.1. The maximum atomic E-state index is 12.1. The van der Waals surface area contributed by atoms with Crippen LogP contribution in [0.5, 0.6) is 0 Å². The van der Waals surface area contributed by atoms with E-state index in [0.29, 0.717) is 0 Å². The Morgan fingerprint density at radius 3 is 2.56 bits per heavy atom. The fourth-order valence-electron chi connectivity index (χ4n) is 1.98. The predicted octanol–water partition coefficient (Wildman–Crippen LogP) is 2.94. The van der Waals surface area contributed by atoms with Gasteiger partial charge in [0, 0.05) is 16.8 Å². The highest BCUT2D eigenvalue weighted by Crippen LogP contribution is 2.28. The number of nitrogens with two attached hydrogens (primary N) is 1. The van der Waals surface area contributed by atoms with Gasteiger partial charge in [0.05, 0.1) is 11.4 Å². The van der Waals surface area contributed by atoms with Crippen LogP contribution in [-0.4, -0.2) is 4.57 Å². The monoisotopic (exact) mass is 256 g/mol. The molecule has 1 aromatic carbocycles. The number of nitrogen functional groups attached to an aromatic ring is 1. The Morgan fingerprint density at radius 1 is 1.11 bits per heavy atom. The molecule has 18 heavy (non-hydrogen) atoms. The van der Waals surface area contributed by atoms with Gasteiger partial charge in [-0.15, -0.1) is 11.3 Å². The van der Waals surface area contributed by atoms with Gasteiger partial charge in [0.2, 0.25) is 0 Å². The van der Waals surface area contributed by atoms with Gasteiger partial charge in [-0.25, -0.2) is 0 Å². The minimum atomic E-state index is -0.0341. The van der Waals surface area contributed by atoms with Crippen molar-refractivity contribution in [2.24, 2.45) is 0 Å². The first-order chi connectivity index (χ1) is 8.66. The molecule has 0 fully saturated rings. The third-order valence-electron chi connectivity index (χ3n) is 2.95. The summed E-state index contributed by atoms with van der Waals surface area (Å²) in [5.74, 6) is 0. The van der Waals surface area contributed by atoms with E-state index < -0.39 is 0 Å². The second kappa shape index (κ2) is 3.99. The highest BCUT2D eigenvalue weighted by Gasteiger charge is 2.08. The molecule has 90 valence electrons. The number of benzene rings is 1. The average molecular weight is 256 g/mol. The van der Waals surface area contributed by atoms with E-state index in [2.05, 4.69) is 0 Å². The van der Waals surface area contributed by atoms with Crippen LogP contribution >= 0.6 is 11.3 Å². The predicted molar refractivity (Wildman–Crippen MR) is 76.6 cm³/mol. The molecule has 0 aliphatic heterocycles. The normalized spacial score (nSPS) is 10.9. The molecule has 0 unspecified atom stereocenters. The molecule has 0 atom stereocenters. The van der Waals surface area contributed by atoms with Crippen LogP contribution in [0, 0.1) is 6.92 Å². The molecule has 0 amide bonds. The summed E-state index contributed by atoms with van der Waals surface area (Å²) >= 11 is 1.49. The summed E-state index contributed by atoms with van der Waals surface area (Å²) in [5.41, 5.74) is 8.62. The summed E-state index contributed by atoms with van der Waals surface area (Å²) < 4.78 is 1.70. The molecular formula is C14H12N2OS. The Balaban J connectivity index is 2.37. The molecule has 3 rings (SSSR count). The molecule has 4 heteroatoms. The molecule has 0 radical (unpaired) electrons. The van der Waals surface area contributed by atoms with Crippen molar-refractivity contribution in [2.75, 3.05) is 5.73 Å². The number of aryl methyl sites for hydroxylation is 1. The van der Waals surface area contributed by atoms with E-state index in [-0.39, 0.29) is 5.56 Å². The maximum absolute atomic E-state index is 12.1. The summed E-state index contributed by atoms with van der Waals surface area (Å²) in [6.07, 6.45) is 0. The average Bonchev–Trinajstić information content (AvgIpc) is 2.73. The molecule has 2 aromatic heterocycles. The molecule has 0 saturated heterocycles. The minimum absolute atomic E-state index is 0.0341. The largest absolute Gasteiger partial charge is 0.398 e. The highest BCUT2D eigenvalue weighted by molar-refractivity contribution is 7.17. The summed E-state index contributed by atoms with van der Waals surface area (Å²) in [6.45, 7) is 2.02. The number of pyridine rings is 1. The van der Waals surface area contributed by atoms with Crippen LogP contribution in [-0.2, 0) is 0 Å². The molecule has 3 aromatic rings. The lowest BCUT2D eigenvalue weighted by Crippen LogP contribution is -2.16. The number of rotatable bonds is 1. The van der Waals surface area contributed by atoms with Crippen LogP contribution in [0.15, 0.2) is 46.6 Å². The Morgan fingerprint density at radius 2 is 1.83 bits per heavy atom. The molecule has 0 spiro atoms. The van der Waals surface area contributed by atoms with Gasteiger partial charge in [-0.3, -0.25) is 9.36 Å². The maximum Gasteiger partial charge on any atom is 0.256 e. The molecular weight excluding hydrogens is 244 g/mol. The van der Waals surface area contributed by atoms with Gasteiger partial charge in [0.1, 0.15) is 4.83 Å². The first-order valence-electron chi connectivity index (χ1n) is 5.62. The number of hydrogen-bond donors (Lipinski definition) is 1. The fourth-order valence-corrected chi connectivity index (χ4v) is 2.96. The van der Waals surface area contributed by atoms with Crippen molar-refractivity contribution < 1.29 is 0 Å². The number of anilines is 1. The number of nitrogens with zero attached hydrogens (tertiary/aromatic N) is 1. The topological polar surface area (TPSA) is 48.0 Å². The van der Waals surface area contributed by atoms with Crippen molar-refractivity contribution in [3.8, 4) is 5.69 Å². The van der Waals surface area contributed by atoms with E-state index >= 15 is 0 Å². The van der Waals surface area contributed by atoms with Gasteiger partial charge in [-0.1, -0.05) is 17.7 Å². The number of aromatic nitrogens is 1. The van der Waals surface area contributed by atoms with Gasteiger partial charge in [-0.2, -0.15) is 0 Å². The summed E-state index contributed by atoms with van der Waals surface area (Å²) in [7, 11) is 0. The van der Waals surface area contributed by atoms with Gasteiger partial charge in [-0.05, 0) is 25.1 Å². The van der Waals surface area contributed by atoms with Crippen LogP contribution in [0.4, 0.5) is 5.69 Å². The van der Waals surface area contributed by atoms with Crippen LogP contribution < -0.4 is 11.3 Å². The van der Waals surface area contributed by atoms with Crippen LogP contribution in [0.3, 0.4) is 0 Å². The lowest BCUT2D eigenvalue weighted by atomic mass is 10.2.